The molecule has 11 heteroatoms. The second-order valence-corrected chi connectivity index (χ2v) is 11.8. The molecule has 0 aliphatic carbocycles. The van der Waals surface area contributed by atoms with E-state index in [1.165, 1.54) is 23.4 Å². The van der Waals surface area contributed by atoms with Crippen LogP contribution in [0.1, 0.15) is 5.56 Å². The minimum absolute atomic E-state index is 0.284. The fraction of sp³-hybridized carbons (Fsp3) is 0.273. The highest BCUT2D eigenvalue weighted by atomic mass is 35.5. The Morgan fingerprint density at radius 2 is 1.50 bits per heavy atom. The molecular weight excluding hydrogens is 599 g/mol. The molecule has 2 aliphatic heterocycles. The van der Waals surface area contributed by atoms with E-state index in [4.69, 9.17) is 37.4 Å². The molecule has 0 unspecified atom stereocenters. The Bertz CT molecular complexity index is 1660. The summed E-state index contributed by atoms with van der Waals surface area (Å²) < 4.78 is 22.6. The van der Waals surface area contributed by atoms with Crippen molar-refractivity contribution in [2.75, 3.05) is 49.2 Å². The number of hydrogen-bond donors (Lipinski definition) is 0. The molecule has 226 valence electrons. The Morgan fingerprint density at radius 1 is 0.841 bits per heavy atom. The van der Waals surface area contributed by atoms with Gasteiger partial charge in [0, 0.05) is 66.2 Å². The van der Waals surface area contributed by atoms with Crippen molar-refractivity contribution < 1.29 is 14.2 Å². The number of aromatic nitrogens is 4. The molecule has 0 bridgehead atoms. The van der Waals surface area contributed by atoms with E-state index in [0.717, 1.165) is 31.9 Å². The van der Waals surface area contributed by atoms with E-state index in [1.54, 1.807) is 23.1 Å². The number of anilines is 2. The molecule has 0 N–H and O–H groups in total. The fourth-order valence-corrected chi connectivity index (χ4v) is 6.34. The van der Waals surface area contributed by atoms with Gasteiger partial charge in [-0.25, -0.2) is 9.67 Å². The number of piperazine rings is 1. The van der Waals surface area contributed by atoms with Crippen LogP contribution in [-0.2, 0) is 21.8 Å². The van der Waals surface area contributed by atoms with E-state index in [2.05, 4.69) is 73.2 Å². The van der Waals surface area contributed by atoms with Crippen LogP contribution in [-0.4, -0.2) is 64.8 Å². The first-order valence-corrected chi connectivity index (χ1v) is 15.4. The quantitative estimate of drug-likeness (QED) is 0.196. The Labute approximate surface area is 266 Å². The molecule has 5 aromatic rings. The summed E-state index contributed by atoms with van der Waals surface area (Å²) >= 11 is 12.7. The minimum atomic E-state index is -1.14. The average molecular weight is 632 g/mol. The first-order valence-electron chi connectivity index (χ1n) is 14.6. The predicted molar refractivity (Wildman–Crippen MR) is 171 cm³/mol. The lowest BCUT2D eigenvalue weighted by Crippen LogP contribution is -2.46. The Morgan fingerprint density at radius 3 is 2.14 bits per heavy atom. The van der Waals surface area contributed by atoms with Crippen molar-refractivity contribution in [3.05, 3.63) is 120 Å². The van der Waals surface area contributed by atoms with Gasteiger partial charge >= 0.3 is 0 Å². The van der Waals surface area contributed by atoms with Gasteiger partial charge in [-0.1, -0.05) is 29.3 Å². The molecule has 2 saturated heterocycles. The highest BCUT2D eigenvalue weighted by molar-refractivity contribution is 6.35. The zero-order valence-corrected chi connectivity index (χ0v) is 25.5. The van der Waals surface area contributed by atoms with Gasteiger partial charge in [-0.3, -0.25) is 0 Å². The third-order valence-corrected chi connectivity index (χ3v) is 8.62. The summed E-state index contributed by atoms with van der Waals surface area (Å²) in [6, 6.07) is 26.4. The lowest BCUT2D eigenvalue weighted by molar-refractivity contribution is -0.190. The molecule has 44 heavy (non-hydrogen) atoms. The van der Waals surface area contributed by atoms with Crippen LogP contribution in [0.4, 0.5) is 11.4 Å². The smallest absolute Gasteiger partial charge is 0.217 e. The molecule has 2 aliphatic rings. The van der Waals surface area contributed by atoms with Crippen molar-refractivity contribution in [1.82, 2.24) is 19.3 Å². The maximum Gasteiger partial charge on any atom is 0.217 e. The number of hydrogen-bond acceptors (Lipinski definition) is 7. The predicted octanol–water partition coefficient (Wildman–Crippen LogP) is 6.05. The Hall–Kier alpha value is -4.02. The van der Waals surface area contributed by atoms with Gasteiger partial charge in [0.1, 0.15) is 37.7 Å². The molecule has 3 aromatic carbocycles. The molecule has 2 fully saturated rings. The summed E-state index contributed by atoms with van der Waals surface area (Å²) in [7, 11) is 0. The van der Waals surface area contributed by atoms with E-state index < -0.39 is 5.79 Å². The monoisotopic (exact) mass is 630 g/mol. The normalized spacial score (nSPS) is 20.3. The molecule has 0 saturated carbocycles. The van der Waals surface area contributed by atoms with Crippen LogP contribution in [0, 0.1) is 0 Å². The molecular formula is C33H32Cl2N6O3. The summed E-state index contributed by atoms with van der Waals surface area (Å²) in [4.78, 5) is 8.90. The van der Waals surface area contributed by atoms with Crippen molar-refractivity contribution >= 4 is 34.6 Å². The van der Waals surface area contributed by atoms with Crippen LogP contribution in [0.5, 0.6) is 5.75 Å². The topological polar surface area (TPSA) is 69.8 Å². The van der Waals surface area contributed by atoms with Gasteiger partial charge in [0.25, 0.3) is 0 Å². The number of halogens is 2. The third kappa shape index (κ3) is 6.14. The summed E-state index contributed by atoms with van der Waals surface area (Å²) in [6.07, 6.45) is 6.91. The zero-order chi connectivity index (χ0) is 29.9. The number of rotatable bonds is 9. The average Bonchev–Trinajstić information content (AvgIpc) is 3.85. The van der Waals surface area contributed by atoms with Crippen LogP contribution in [0.2, 0.25) is 10.0 Å². The Kier molecular flexibility index (Phi) is 8.18. The molecule has 0 radical (unpaired) electrons. The largest absolute Gasteiger partial charge is 0.491 e. The van der Waals surface area contributed by atoms with Gasteiger partial charge in [-0.15, -0.1) is 0 Å². The van der Waals surface area contributed by atoms with Crippen molar-refractivity contribution in [3.63, 3.8) is 0 Å². The SMILES string of the molecule is Clc1ccc([C@]2(Cn3cncn3)OC[C@@H](COc3ccc(N4CCN(c5ccc(-n6cccc6)cc5)CC4)cc3)O2)c(Cl)c1. The van der Waals surface area contributed by atoms with Crippen LogP contribution in [0.25, 0.3) is 5.69 Å². The summed E-state index contributed by atoms with van der Waals surface area (Å²) in [5.41, 5.74) is 4.29. The number of ether oxygens (including phenoxy) is 3. The lowest BCUT2D eigenvalue weighted by Gasteiger charge is -2.37. The molecule has 2 aromatic heterocycles. The van der Waals surface area contributed by atoms with Crippen LogP contribution < -0.4 is 14.5 Å². The van der Waals surface area contributed by atoms with Gasteiger partial charge in [0.2, 0.25) is 5.79 Å². The maximum absolute atomic E-state index is 6.57. The molecule has 2 atom stereocenters. The molecule has 9 nitrogen and oxygen atoms in total. The van der Waals surface area contributed by atoms with Gasteiger partial charge in [-0.05, 0) is 72.8 Å². The van der Waals surface area contributed by atoms with E-state index in [9.17, 15) is 0 Å². The van der Waals surface area contributed by atoms with E-state index in [1.807, 2.05) is 30.3 Å². The Balaban J connectivity index is 0.936. The van der Waals surface area contributed by atoms with Gasteiger partial charge in [0.15, 0.2) is 0 Å². The highest BCUT2D eigenvalue weighted by Crippen LogP contribution is 2.40. The molecule has 4 heterocycles. The van der Waals surface area contributed by atoms with Crippen molar-refractivity contribution in [3.8, 4) is 11.4 Å². The maximum atomic E-state index is 6.57. The van der Waals surface area contributed by atoms with Gasteiger partial charge < -0.3 is 28.6 Å². The molecule has 0 amide bonds. The zero-order valence-electron chi connectivity index (χ0n) is 24.0. The van der Waals surface area contributed by atoms with Crippen molar-refractivity contribution in [1.29, 1.82) is 0 Å². The first-order chi connectivity index (χ1) is 21.5. The van der Waals surface area contributed by atoms with E-state index in [0.29, 0.717) is 28.8 Å². The minimum Gasteiger partial charge on any atom is -0.491 e. The fourth-order valence-electron chi connectivity index (χ4n) is 5.79. The summed E-state index contributed by atoms with van der Waals surface area (Å²) in [5, 5.41) is 5.23. The van der Waals surface area contributed by atoms with Crippen molar-refractivity contribution in [2.45, 2.75) is 18.4 Å². The first kappa shape index (κ1) is 28.7. The van der Waals surface area contributed by atoms with Crippen molar-refractivity contribution in [2.24, 2.45) is 0 Å². The lowest BCUT2D eigenvalue weighted by atomic mass is 10.1. The highest BCUT2D eigenvalue weighted by Gasteiger charge is 2.45. The molecule has 7 rings (SSSR count). The van der Waals surface area contributed by atoms with Crippen LogP contribution in [0.15, 0.2) is 104 Å². The molecule has 0 spiro atoms. The summed E-state index contributed by atoms with van der Waals surface area (Å²) in [5.74, 6) is -0.364. The van der Waals surface area contributed by atoms with Gasteiger partial charge in [0.05, 0.1) is 11.6 Å². The van der Waals surface area contributed by atoms with Crippen LogP contribution >= 0.6 is 23.2 Å². The standard InChI is InChI=1S/C33H32Cl2N6O3/c34-25-3-12-31(32(35)19-25)33(22-41-24-36-23-37-41)43-21-30(44-33)20-42-29-10-8-28(9-11-29)40-17-15-39(16-18-40)27-6-4-26(5-7-27)38-13-1-2-14-38/h1-14,19,23-24,30H,15-18,20-22H2/t30-,33-/m1/s1. The van der Waals surface area contributed by atoms with Crippen LogP contribution in [0.3, 0.4) is 0 Å². The third-order valence-electron chi connectivity index (χ3n) is 8.07. The van der Waals surface area contributed by atoms with Gasteiger partial charge in [-0.2, -0.15) is 5.10 Å². The second-order valence-electron chi connectivity index (χ2n) is 10.9. The summed E-state index contributed by atoms with van der Waals surface area (Å²) in [6.45, 7) is 4.78. The second kappa shape index (κ2) is 12.5. The van der Waals surface area contributed by atoms with E-state index in [-0.39, 0.29) is 12.6 Å². The van der Waals surface area contributed by atoms with E-state index >= 15 is 0 Å². The number of benzene rings is 3. The number of nitrogens with zero attached hydrogens (tertiary/aromatic N) is 6.